The van der Waals surface area contributed by atoms with Crippen molar-refractivity contribution in [2.24, 2.45) is 0 Å². The Kier molecular flexibility index (Phi) is 2.50. The highest BCUT2D eigenvalue weighted by Gasteiger charge is 2.14. The van der Waals surface area contributed by atoms with Gasteiger partial charge in [-0.15, -0.1) is 0 Å². The van der Waals surface area contributed by atoms with Crippen molar-refractivity contribution >= 4 is 5.69 Å². The summed E-state index contributed by atoms with van der Waals surface area (Å²) in [5.74, 6) is 0. The molecule has 0 bridgehead atoms. The van der Waals surface area contributed by atoms with Crippen molar-refractivity contribution in [3.8, 4) is 0 Å². The Morgan fingerprint density at radius 3 is 2.54 bits per heavy atom. The molecule has 0 spiro atoms. The summed E-state index contributed by atoms with van der Waals surface area (Å²) in [5, 5.41) is 0. The number of nitrogens with zero attached hydrogens (tertiary/aromatic N) is 1. The summed E-state index contributed by atoms with van der Waals surface area (Å²) in [6, 6.07) is 8.61. The monoisotopic (exact) mass is 177 g/mol. The van der Waals surface area contributed by atoms with Crippen molar-refractivity contribution in [2.75, 3.05) is 18.0 Å². The average molecular weight is 177 g/mol. The molecule has 1 aromatic rings. The second-order valence-electron chi connectivity index (χ2n) is 3.57. The van der Waals surface area contributed by atoms with Crippen molar-refractivity contribution in [1.82, 2.24) is 0 Å². The maximum Gasteiger partial charge on any atom is 0.102 e. The zero-order chi connectivity index (χ0) is 9.10. The van der Waals surface area contributed by atoms with Gasteiger partial charge in [0.15, 0.2) is 0 Å². The zero-order valence-corrected chi connectivity index (χ0v) is 8.00. The maximum absolute atomic E-state index is 3.96. The van der Waals surface area contributed by atoms with Crippen LogP contribution >= 0.6 is 0 Å². The van der Waals surface area contributed by atoms with Gasteiger partial charge in [-0.1, -0.05) is 18.2 Å². The lowest BCUT2D eigenvalue weighted by Crippen LogP contribution is -2.48. The molecule has 1 fully saturated rings. The minimum Gasteiger partial charge on any atom is -0.371 e. The molecule has 0 unspecified atom stereocenters. The summed E-state index contributed by atoms with van der Waals surface area (Å²) < 4.78 is 0. The van der Waals surface area contributed by atoms with Crippen LogP contribution in [0.3, 0.4) is 0 Å². The standard InChI is InChI=1S/C11H16N2/c12-9-10-5-1-2-6-11(10)13-7-3-4-8-13/h1-2,5-6H,3-4,7-9,12H2/p+1. The van der Waals surface area contributed by atoms with E-state index < -0.39 is 0 Å². The van der Waals surface area contributed by atoms with Gasteiger partial charge >= 0.3 is 0 Å². The quantitative estimate of drug-likeness (QED) is 0.718. The van der Waals surface area contributed by atoms with Crippen LogP contribution in [-0.4, -0.2) is 13.1 Å². The highest BCUT2D eigenvalue weighted by Crippen LogP contribution is 2.23. The lowest BCUT2D eigenvalue weighted by molar-refractivity contribution is -0.386. The lowest BCUT2D eigenvalue weighted by Gasteiger charge is -2.19. The minimum absolute atomic E-state index is 0.896. The Morgan fingerprint density at radius 1 is 1.15 bits per heavy atom. The SMILES string of the molecule is [NH3+]Cc1ccccc1N1CCCC1. The number of quaternary nitrogens is 1. The van der Waals surface area contributed by atoms with Crippen LogP contribution in [0.15, 0.2) is 24.3 Å². The van der Waals surface area contributed by atoms with Gasteiger partial charge in [0.25, 0.3) is 0 Å². The maximum atomic E-state index is 3.96. The van der Waals surface area contributed by atoms with Crippen LogP contribution in [0.25, 0.3) is 0 Å². The van der Waals surface area contributed by atoms with Gasteiger partial charge in [0.05, 0.1) is 0 Å². The Hall–Kier alpha value is -1.02. The first-order valence-electron chi connectivity index (χ1n) is 5.04. The Morgan fingerprint density at radius 2 is 1.85 bits per heavy atom. The summed E-state index contributed by atoms with van der Waals surface area (Å²) in [6.45, 7) is 3.33. The van der Waals surface area contributed by atoms with Gasteiger partial charge in [-0.3, -0.25) is 0 Å². The predicted octanol–water partition coefficient (Wildman–Crippen LogP) is 1.03. The van der Waals surface area contributed by atoms with Gasteiger partial charge in [0, 0.05) is 24.3 Å². The van der Waals surface area contributed by atoms with Crippen molar-refractivity contribution < 1.29 is 5.73 Å². The van der Waals surface area contributed by atoms with Crippen LogP contribution in [0.5, 0.6) is 0 Å². The smallest absolute Gasteiger partial charge is 0.102 e. The van der Waals surface area contributed by atoms with Crippen molar-refractivity contribution in [2.45, 2.75) is 19.4 Å². The Bertz CT molecular complexity index is 277. The fourth-order valence-corrected chi connectivity index (χ4v) is 1.99. The van der Waals surface area contributed by atoms with Gasteiger partial charge in [0.1, 0.15) is 6.54 Å². The number of hydrogen-bond donors (Lipinski definition) is 1. The molecular weight excluding hydrogens is 160 g/mol. The number of para-hydroxylation sites is 1. The number of hydrogen-bond acceptors (Lipinski definition) is 1. The van der Waals surface area contributed by atoms with Crippen LogP contribution in [0, 0.1) is 0 Å². The molecular formula is C11H17N2+. The molecule has 70 valence electrons. The third kappa shape index (κ3) is 1.68. The topological polar surface area (TPSA) is 30.9 Å². The molecule has 0 aliphatic carbocycles. The third-order valence-electron chi connectivity index (χ3n) is 2.71. The van der Waals surface area contributed by atoms with E-state index in [4.69, 9.17) is 0 Å². The summed E-state index contributed by atoms with van der Waals surface area (Å²) in [5.41, 5.74) is 6.74. The first-order valence-corrected chi connectivity index (χ1v) is 5.04. The normalized spacial score (nSPS) is 16.5. The summed E-state index contributed by atoms with van der Waals surface area (Å²) >= 11 is 0. The van der Waals surface area contributed by atoms with E-state index in [1.54, 1.807) is 0 Å². The van der Waals surface area contributed by atoms with Crippen LogP contribution in [0.4, 0.5) is 5.69 Å². The Balaban J connectivity index is 2.26. The molecule has 13 heavy (non-hydrogen) atoms. The number of rotatable bonds is 2. The average Bonchev–Trinajstić information content (AvgIpc) is 2.70. The lowest BCUT2D eigenvalue weighted by atomic mass is 10.1. The molecule has 0 saturated carbocycles. The molecule has 2 heteroatoms. The van der Waals surface area contributed by atoms with E-state index in [0.29, 0.717) is 0 Å². The molecule has 1 aliphatic rings. The summed E-state index contributed by atoms with van der Waals surface area (Å²) in [6.07, 6.45) is 2.68. The number of benzene rings is 1. The molecule has 1 aromatic carbocycles. The van der Waals surface area contributed by atoms with Crippen LogP contribution in [-0.2, 0) is 6.54 Å². The molecule has 0 amide bonds. The first kappa shape index (κ1) is 8.57. The van der Waals surface area contributed by atoms with E-state index in [0.717, 1.165) is 6.54 Å². The summed E-state index contributed by atoms with van der Waals surface area (Å²) in [7, 11) is 0. The van der Waals surface area contributed by atoms with E-state index in [2.05, 4.69) is 34.9 Å². The highest BCUT2D eigenvalue weighted by molar-refractivity contribution is 5.53. The van der Waals surface area contributed by atoms with E-state index in [1.165, 1.54) is 37.2 Å². The summed E-state index contributed by atoms with van der Waals surface area (Å²) in [4.78, 5) is 2.47. The zero-order valence-electron chi connectivity index (χ0n) is 8.00. The van der Waals surface area contributed by atoms with Crippen LogP contribution < -0.4 is 10.6 Å². The molecule has 0 atom stereocenters. The van der Waals surface area contributed by atoms with Crippen LogP contribution in [0.2, 0.25) is 0 Å². The van der Waals surface area contributed by atoms with Crippen molar-refractivity contribution in [3.63, 3.8) is 0 Å². The molecule has 1 heterocycles. The second kappa shape index (κ2) is 3.79. The molecule has 1 saturated heterocycles. The van der Waals surface area contributed by atoms with Gasteiger partial charge < -0.3 is 10.6 Å². The Labute approximate surface area is 79.4 Å². The van der Waals surface area contributed by atoms with Crippen molar-refractivity contribution in [3.05, 3.63) is 29.8 Å². The number of anilines is 1. The molecule has 2 nitrogen and oxygen atoms in total. The van der Waals surface area contributed by atoms with Gasteiger partial charge in [-0.2, -0.15) is 0 Å². The van der Waals surface area contributed by atoms with Gasteiger partial charge in [-0.05, 0) is 18.9 Å². The van der Waals surface area contributed by atoms with Crippen LogP contribution in [0.1, 0.15) is 18.4 Å². The van der Waals surface area contributed by atoms with E-state index >= 15 is 0 Å². The predicted molar refractivity (Wildman–Crippen MR) is 54.5 cm³/mol. The first-order chi connectivity index (χ1) is 6.42. The largest absolute Gasteiger partial charge is 0.371 e. The van der Waals surface area contributed by atoms with Crippen molar-refractivity contribution in [1.29, 1.82) is 0 Å². The fourth-order valence-electron chi connectivity index (χ4n) is 1.99. The third-order valence-corrected chi connectivity index (χ3v) is 2.71. The second-order valence-corrected chi connectivity index (χ2v) is 3.57. The molecule has 0 aromatic heterocycles. The van der Waals surface area contributed by atoms with E-state index in [-0.39, 0.29) is 0 Å². The van der Waals surface area contributed by atoms with Gasteiger partial charge in [-0.25, -0.2) is 0 Å². The highest BCUT2D eigenvalue weighted by atomic mass is 15.1. The molecule has 0 radical (unpaired) electrons. The molecule has 1 aliphatic heterocycles. The van der Waals surface area contributed by atoms with E-state index in [9.17, 15) is 0 Å². The van der Waals surface area contributed by atoms with Gasteiger partial charge in [0.2, 0.25) is 0 Å². The minimum atomic E-state index is 0.896. The molecule has 3 N–H and O–H groups in total. The van der Waals surface area contributed by atoms with E-state index in [1.807, 2.05) is 0 Å². The fraction of sp³-hybridized carbons (Fsp3) is 0.455. The molecule has 2 rings (SSSR count).